The lowest BCUT2D eigenvalue weighted by Crippen LogP contribution is -2.36. The molecule has 0 spiro atoms. The molecule has 0 bridgehead atoms. The van der Waals surface area contributed by atoms with Gasteiger partial charge < -0.3 is 10.5 Å². The van der Waals surface area contributed by atoms with E-state index in [4.69, 9.17) is 18.0 Å². The van der Waals surface area contributed by atoms with E-state index >= 15 is 0 Å². The molecule has 1 heterocycles. The topological polar surface area (TPSA) is 50.4 Å². The standard InChI is InChI=1S/C18H22BrN3S2/c19-16-8-6-15(7-9-16)17-21-11-13-24(17,22-18(20)23)12-10-14-4-2-1-3-5-14/h4,6-9,11,13H,1-3,5,10,12H2,(H3,20,22,23). The minimum atomic E-state index is -1.47. The van der Waals surface area contributed by atoms with Gasteiger partial charge in [0.2, 0.25) is 0 Å². The summed E-state index contributed by atoms with van der Waals surface area (Å²) >= 11 is 8.67. The quantitative estimate of drug-likeness (QED) is 0.509. The van der Waals surface area contributed by atoms with Gasteiger partial charge >= 0.3 is 0 Å². The average molecular weight is 424 g/mol. The van der Waals surface area contributed by atoms with Crippen LogP contribution in [0, 0.1) is 0 Å². The Morgan fingerprint density at radius 2 is 2.08 bits per heavy atom. The molecule has 1 aromatic rings. The van der Waals surface area contributed by atoms with Crippen LogP contribution in [0.15, 0.2) is 57.0 Å². The number of allylic oxidation sites excluding steroid dienone is 2. The highest BCUT2D eigenvalue weighted by atomic mass is 79.9. The minimum absolute atomic E-state index is 0.346. The third-order valence-electron chi connectivity index (χ3n) is 4.33. The Morgan fingerprint density at radius 3 is 2.75 bits per heavy atom. The number of nitrogens with zero attached hydrogens (tertiary/aromatic N) is 1. The van der Waals surface area contributed by atoms with Crippen LogP contribution in [0.5, 0.6) is 0 Å². The number of nitrogens with two attached hydrogens (primary N) is 1. The monoisotopic (exact) mass is 423 g/mol. The van der Waals surface area contributed by atoms with Crippen molar-refractivity contribution >= 4 is 48.5 Å². The van der Waals surface area contributed by atoms with Crippen LogP contribution in [-0.2, 0) is 0 Å². The number of nitrogens with one attached hydrogen (secondary N) is 1. The lowest BCUT2D eigenvalue weighted by Gasteiger charge is -2.37. The second-order valence-electron chi connectivity index (χ2n) is 6.05. The summed E-state index contributed by atoms with van der Waals surface area (Å²) < 4.78 is 4.46. The lowest BCUT2D eigenvalue weighted by molar-refractivity contribution is 0.685. The van der Waals surface area contributed by atoms with Crippen molar-refractivity contribution in [1.82, 2.24) is 4.72 Å². The first-order valence-corrected chi connectivity index (χ1v) is 11.2. The summed E-state index contributed by atoms with van der Waals surface area (Å²) in [4.78, 5) is 4.67. The van der Waals surface area contributed by atoms with Crippen molar-refractivity contribution in [3.63, 3.8) is 0 Å². The van der Waals surface area contributed by atoms with Gasteiger partial charge in [-0.3, -0.25) is 0 Å². The maximum absolute atomic E-state index is 5.86. The molecule has 128 valence electrons. The molecule has 6 heteroatoms. The second-order valence-corrected chi connectivity index (χ2v) is 10.3. The largest absolute Gasteiger partial charge is 0.376 e. The van der Waals surface area contributed by atoms with Crippen molar-refractivity contribution < 1.29 is 0 Å². The van der Waals surface area contributed by atoms with E-state index in [1.165, 1.54) is 25.7 Å². The fourth-order valence-electron chi connectivity index (χ4n) is 3.14. The maximum atomic E-state index is 5.86. The zero-order valence-corrected chi connectivity index (χ0v) is 16.7. The van der Waals surface area contributed by atoms with E-state index in [0.717, 1.165) is 27.3 Å². The van der Waals surface area contributed by atoms with Gasteiger partial charge in [0.15, 0.2) is 5.11 Å². The Hall–Kier alpha value is -1.11. The molecule has 24 heavy (non-hydrogen) atoms. The van der Waals surface area contributed by atoms with Crippen molar-refractivity contribution in [1.29, 1.82) is 0 Å². The molecule has 1 unspecified atom stereocenters. The number of halogens is 1. The van der Waals surface area contributed by atoms with Crippen LogP contribution in [0.2, 0.25) is 0 Å². The molecule has 0 saturated carbocycles. The number of rotatable bonds is 5. The Kier molecular flexibility index (Phi) is 5.79. The van der Waals surface area contributed by atoms with Gasteiger partial charge in [-0.2, -0.15) is 0 Å². The van der Waals surface area contributed by atoms with Gasteiger partial charge in [0.05, 0.1) is 0 Å². The Morgan fingerprint density at radius 1 is 1.29 bits per heavy atom. The van der Waals surface area contributed by atoms with Crippen molar-refractivity contribution in [3.05, 3.63) is 57.6 Å². The van der Waals surface area contributed by atoms with Gasteiger partial charge in [0.1, 0.15) is 5.04 Å². The number of thiocarbonyl (C=S) groups is 1. The molecule has 0 amide bonds. The third kappa shape index (κ3) is 4.10. The zero-order chi connectivity index (χ0) is 17.0. The number of benzene rings is 1. The molecule has 3 N–H and O–H groups in total. The Labute approximate surface area is 159 Å². The molecule has 0 radical (unpaired) electrons. The SMILES string of the molecule is NC(=S)NS1(CCC2=CCCCC2)C=CN=C1c1ccc(Br)cc1. The molecule has 0 fully saturated rings. The predicted molar refractivity (Wildman–Crippen MR) is 113 cm³/mol. The van der Waals surface area contributed by atoms with Crippen LogP contribution in [0.25, 0.3) is 0 Å². The van der Waals surface area contributed by atoms with Crippen LogP contribution >= 0.6 is 38.4 Å². The molecule has 3 rings (SSSR count). The molecule has 0 saturated heterocycles. The molecule has 0 aromatic heterocycles. The van der Waals surface area contributed by atoms with Gasteiger partial charge in [-0.25, -0.2) is 4.99 Å². The van der Waals surface area contributed by atoms with E-state index < -0.39 is 10.2 Å². The molecule has 1 aromatic carbocycles. The summed E-state index contributed by atoms with van der Waals surface area (Å²) in [5.74, 6) is 0.988. The normalized spacial score (nSPS) is 25.5. The second kappa shape index (κ2) is 7.85. The van der Waals surface area contributed by atoms with Crippen LogP contribution in [0.3, 0.4) is 0 Å². The van der Waals surface area contributed by atoms with Gasteiger partial charge in [-0.05, 0) is 61.9 Å². The molecular formula is C18H22BrN3S2. The van der Waals surface area contributed by atoms with E-state index in [1.807, 2.05) is 18.3 Å². The van der Waals surface area contributed by atoms with Gasteiger partial charge in [-0.15, -0.1) is 10.2 Å². The van der Waals surface area contributed by atoms with E-state index in [1.54, 1.807) is 5.57 Å². The predicted octanol–water partition coefficient (Wildman–Crippen LogP) is 5.12. The lowest BCUT2D eigenvalue weighted by atomic mass is 9.98. The first-order chi connectivity index (χ1) is 11.6. The molecule has 3 nitrogen and oxygen atoms in total. The maximum Gasteiger partial charge on any atom is 0.173 e. The summed E-state index contributed by atoms with van der Waals surface area (Å²) in [6, 6.07) is 8.28. The van der Waals surface area contributed by atoms with Crippen molar-refractivity contribution in [2.24, 2.45) is 10.7 Å². The van der Waals surface area contributed by atoms with Gasteiger partial charge in [-0.1, -0.05) is 39.7 Å². The van der Waals surface area contributed by atoms with Crippen molar-refractivity contribution in [3.8, 4) is 0 Å². The number of hydrogen-bond donors (Lipinski definition) is 2. The van der Waals surface area contributed by atoms with E-state index in [-0.39, 0.29) is 0 Å². The van der Waals surface area contributed by atoms with E-state index in [0.29, 0.717) is 5.11 Å². The molecule has 1 aliphatic carbocycles. The first kappa shape index (κ1) is 17.7. The highest BCUT2D eigenvalue weighted by Gasteiger charge is 2.32. The van der Waals surface area contributed by atoms with Crippen LogP contribution in [-0.4, -0.2) is 15.9 Å². The van der Waals surface area contributed by atoms with Crippen LogP contribution in [0.4, 0.5) is 0 Å². The summed E-state index contributed by atoms with van der Waals surface area (Å²) in [7, 11) is -1.47. The van der Waals surface area contributed by atoms with Gasteiger partial charge in [0.25, 0.3) is 0 Å². The van der Waals surface area contributed by atoms with Crippen molar-refractivity contribution in [2.75, 3.05) is 5.75 Å². The average Bonchev–Trinajstić information content (AvgIpc) is 2.98. The minimum Gasteiger partial charge on any atom is -0.376 e. The van der Waals surface area contributed by atoms with E-state index in [9.17, 15) is 0 Å². The summed E-state index contributed by atoms with van der Waals surface area (Å²) in [5, 5.41) is 3.59. The molecule has 1 atom stereocenters. The Bertz CT molecular complexity index is 709. The van der Waals surface area contributed by atoms with Crippen LogP contribution < -0.4 is 10.5 Å². The Balaban J connectivity index is 1.85. The number of aliphatic imine (C=N–C) groups is 1. The molecular weight excluding hydrogens is 402 g/mol. The first-order valence-electron chi connectivity index (χ1n) is 8.15. The highest BCUT2D eigenvalue weighted by molar-refractivity contribution is 9.10. The fraction of sp³-hybridized carbons (Fsp3) is 0.333. The molecule has 1 aliphatic heterocycles. The zero-order valence-electron chi connectivity index (χ0n) is 13.5. The fourth-order valence-corrected chi connectivity index (χ4v) is 6.59. The van der Waals surface area contributed by atoms with E-state index in [2.05, 4.69) is 49.3 Å². The van der Waals surface area contributed by atoms with Crippen molar-refractivity contribution in [2.45, 2.75) is 32.1 Å². The molecule has 2 aliphatic rings. The van der Waals surface area contributed by atoms with Crippen LogP contribution in [0.1, 0.15) is 37.7 Å². The summed E-state index contributed by atoms with van der Waals surface area (Å²) in [6.45, 7) is 0. The summed E-state index contributed by atoms with van der Waals surface area (Å²) in [5.41, 5.74) is 8.55. The third-order valence-corrected chi connectivity index (χ3v) is 8.14. The smallest absolute Gasteiger partial charge is 0.173 e. The number of hydrogen-bond acceptors (Lipinski definition) is 2. The van der Waals surface area contributed by atoms with Gasteiger partial charge in [0, 0.05) is 22.0 Å². The summed E-state index contributed by atoms with van der Waals surface area (Å²) in [6.07, 6.45) is 10.4. The highest BCUT2D eigenvalue weighted by Crippen LogP contribution is 2.53.